The molecule has 0 bridgehead atoms. The lowest BCUT2D eigenvalue weighted by molar-refractivity contribution is 0.0187. The number of aliphatic imine (C=N–C) groups is 1. The third kappa shape index (κ3) is 4.60. The van der Waals surface area contributed by atoms with E-state index in [1.54, 1.807) is 23.6 Å². The number of thiophene rings is 1. The van der Waals surface area contributed by atoms with E-state index in [2.05, 4.69) is 27.4 Å². The molecule has 1 fully saturated rings. The van der Waals surface area contributed by atoms with Crippen LogP contribution in [0, 0.1) is 0 Å². The van der Waals surface area contributed by atoms with Crippen LogP contribution in [0.3, 0.4) is 0 Å². The zero-order valence-electron chi connectivity index (χ0n) is 14.4. The van der Waals surface area contributed by atoms with E-state index in [1.807, 2.05) is 19.1 Å². The number of ether oxygens (including phenoxy) is 2. The first-order valence-electron chi connectivity index (χ1n) is 8.59. The second-order valence-corrected chi connectivity index (χ2v) is 6.78. The molecule has 1 aliphatic heterocycles. The molecule has 3 rings (SSSR count). The molecule has 1 atom stereocenters. The van der Waals surface area contributed by atoms with Gasteiger partial charge in [0.05, 0.1) is 32.4 Å². The summed E-state index contributed by atoms with van der Waals surface area (Å²) >= 11 is 1.76. The predicted molar refractivity (Wildman–Crippen MR) is 101 cm³/mol. The average molecular weight is 360 g/mol. The van der Waals surface area contributed by atoms with Gasteiger partial charge in [-0.1, -0.05) is 12.1 Å². The Morgan fingerprint density at radius 3 is 2.88 bits per heavy atom. The monoisotopic (exact) mass is 360 g/mol. The van der Waals surface area contributed by atoms with E-state index in [-0.39, 0.29) is 11.8 Å². The number of morpholine rings is 1. The molecule has 1 aliphatic rings. The fourth-order valence-electron chi connectivity index (χ4n) is 2.92. The van der Waals surface area contributed by atoms with Crippen LogP contribution in [0.15, 0.2) is 40.7 Å². The Hall–Kier alpha value is -1.89. The van der Waals surface area contributed by atoms with Gasteiger partial charge < -0.3 is 14.6 Å². The molecule has 1 aromatic carbocycles. The largest absolute Gasteiger partial charge is 0.504 e. The number of phenols is 1. The molecule has 5 nitrogen and oxygen atoms in total. The van der Waals surface area contributed by atoms with Gasteiger partial charge in [-0.3, -0.25) is 9.89 Å². The van der Waals surface area contributed by atoms with Crippen LogP contribution in [-0.4, -0.2) is 55.7 Å². The first-order chi connectivity index (χ1) is 12.3. The summed E-state index contributed by atoms with van der Waals surface area (Å²) in [6.07, 6.45) is 1.74. The first-order valence-corrected chi connectivity index (χ1v) is 9.47. The van der Waals surface area contributed by atoms with Crippen LogP contribution in [0.1, 0.15) is 23.4 Å². The Bertz CT molecular complexity index is 682. The van der Waals surface area contributed by atoms with Gasteiger partial charge in [0.25, 0.3) is 0 Å². The molecule has 1 N–H and O–H groups in total. The lowest BCUT2D eigenvalue weighted by Crippen LogP contribution is -2.39. The molecule has 0 saturated carbocycles. The second-order valence-electron chi connectivity index (χ2n) is 5.80. The van der Waals surface area contributed by atoms with Gasteiger partial charge in [0.2, 0.25) is 0 Å². The number of aromatic hydroxyl groups is 1. The standard InChI is InChI=1S/C19H24N2O3S/c1-2-24-17-6-3-5-15(19(17)22)13-20-14-16(18-7-4-12-25-18)21-8-10-23-11-9-21/h3-7,12-13,16,22H,2,8-11,14H2,1H3/t16-/m0/s1. The Morgan fingerprint density at radius 2 is 2.16 bits per heavy atom. The normalized spacial score (nSPS) is 17.0. The van der Waals surface area contributed by atoms with Crippen LogP contribution >= 0.6 is 11.3 Å². The fraction of sp³-hybridized carbons (Fsp3) is 0.421. The highest BCUT2D eigenvalue weighted by atomic mass is 32.1. The Morgan fingerprint density at radius 1 is 1.32 bits per heavy atom. The molecule has 1 saturated heterocycles. The van der Waals surface area contributed by atoms with Crippen molar-refractivity contribution < 1.29 is 14.6 Å². The minimum Gasteiger partial charge on any atom is -0.504 e. The van der Waals surface area contributed by atoms with Crippen molar-refractivity contribution in [2.24, 2.45) is 4.99 Å². The smallest absolute Gasteiger partial charge is 0.166 e. The van der Waals surface area contributed by atoms with Crippen LogP contribution in [0.5, 0.6) is 11.5 Å². The van der Waals surface area contributed by atoms with Gasteiger partial charge in [-0.05, 0) is 30.5 Å². The maximum absolute atomic E-state index is 10.3. The van der Waals surface area contributed by atoms with E-state index >= 15 is 0 Å². The van der Waals surface area contributed by atoms with Crippen molar-refractivity contribution >= 4 is 17.6 Å². The highest BCUT2D eigenvalue weighted by Gasteiger charge is 2.22. The zero-order chi connectivity index (χ0) is 17.5. The molecule has 134 valence electrons. The molecule has 0 amide bonds. The van der Waals surface area contributed by atoms with Crippen molar-refractivity contribution in [1.82, 2.24) is 4.90 Å². The van der Waals surface area contributed by atoms with E-state index in [1.165, 1.54) is 4.88 Å². The van der Waals surface area contributed by atoms with Crippen molar-refractivity contribution in [2.45, 2.75) is 13.0 Å². The van der Waals surface area contributed by atoms with E-state index in [9.17, 15) is 5.11 Å². The van der Waals surface area contributed by atoms with Crippen molar-refractivity contribution in [3.05, 3.63) is 46.2 Å². The van der Waals surface area contributed by atoms with Crippen LogP contribution in [0.2, 0.25) is 0 Å². The number of rotatable bonds is 7. The summed E-state index contributed by atoms with van der Waals surface area (Å²) in [6, 6.07) is 9.96. The molecule has 0 radical (unpaired) electrons. The third-order valence-corrected chi connectivity index (χ3v) is 5.17. The number of hydrogen-bond donors (Lipinski definition) is 1. The second kappa shape index (κ2) is 8.99. The van der Waals surface area contributed by atoms with Crippen LogP contribution in [0.4, 0.5) is 0 Å². The molecular weight excluding hydrogens is 336 g/mol. The molecule has 1 aromatic heterocycles. The lowest BCUT2D eigenvalue weighted by atomic mass is 10.1. The Balaban J connectivity index is 1.72. The average Bonchev–Trinajstić information content (AvgIpc) is 3.17. The summed E-state index contributed by atoms with van der Waals surface area (Å²) in [6.45, 7) is 6.44. The van der Waals surface area contributed by atoms with Gasteiger partial charge in [0.1, 0.15) is 0 Å². The summed E-state index contributed by atoms with van der Waals surface area (Å²) in [5.74, 6) is 0.640. The lowest BCUT2D eigenvalue weighted by Gasteiger charge is -2.33. The summed E-state index contributed by atoms with van der Waals surface area (Å²) in [4.78, 5) is 8.35. The maximum atomic E-state index is 10.3. The summed E-state index contributed by atoms with van der Waals surface area (Å²) in [5, 5.41) is 12.4. The van der Waals surface area contributed by atoms with E-state index in [0.717, 1.165) is 26.3 Å². The summed E-state index contributed by atoms with van der Waals surface area (Å²) in [7, 11) is 0. The topological polar surface area (TPSA) is 54.3 Å². The van der Waals surface area contributed by atoms with Crippen LogP contribution < -0.4 is 4.74 Å². The Labute approximate surface area is 152 Å². The third-order valence-electron chi connectivity index (χ3n) is 4.20. The quantitative estimate of drug-likeness (QED) is 0.770. The first kappa shape index (κ1) is 17.9. The molecule has 0 unspecified atom stereocenters. The van der Waals surface area contributed by atoms with Gasteiger partial charge in [-0.15, -0.1) is 11.3 Å². The van der Waals surface area contributed by atoms with Crippen molar-refractivity contribution in [3.8, 4) is 11.5 Å². The predicted octanol–water partition coefficient (Wildman–Crippen LogP) is 3.34. The summed E-state index contributed by atoms with van der Waals surface area (Å²) in [5.41, 5.74) is 0.679. The molecule has 6 heteroatoms. The molecule has 2 aromatic rings. The molecular formula is C19H24N2O3S. The van der Waals surface area contributed by atoms with E-state index < -0.39 is 0 Å². The number of benzene rings is 1. The summed E-state index contributed by atoms with van der Waals surface area (Å²) < 4.78 is 10.9. The van der Waals surface area contributed by atoms with E-state index in [0.29, 0.717) is 24.5 Å². The number of para-hydroxylation sites is 1. The Kier molecular flexibility index (Phi) is 6.44. The van der Waals surface area contributed by atoms with Gasteiger partial charge in [0, 0.05) is 29.7 Å². The van der Waals surface area contributed by atoms with Gasteiger partial charge >= 0.3 is 0 Å². The zero-order valence-corrected chi connectivity index (χ0v) is 15.2. The SMILES string of the molecule is CCOc1cccc(C=NC[C@@H](c2cccs2)N2CCOCC2)c1O. The van der Waals surface area contributed by atoms with Crippen LogP contribution in [-0.2, 0) is 4.74 Å². The van der Waals surface area contributed by atoms with Crippen molar-refractivity contribution in [1.29, 1.82) is 0 Å². The molecule has 2 heterocycles. The van der Waals surface area contributed by atoms with Gasteiger partial charge in [-0.2, -0.15) is 0 Å². The minimum atomic E-state index is 0.146. The van der Waals surface area contributed by atoms with Crippen molar-refractivity contribution in [3.63, 3.8) is 0 Å². The molecule has 0 aliphatic carbocycles. The fourth-order valence-corrected chi connectivity index (χ4v) is 3.77. The molecule has 0 spiro atoms. The highest BCUT2D eigenvalue weighted by molar-refractivity contribution is 7.10. The van der Waals surface area contributed by atoms with Gasteiger partial charge in [0.15, 0.2) is 11.5 Å². The van der Waals surface area contributed by atoms with Crippen molar-refractivity contribution in [2.75, 3.05) is 39.5 Å². The van der Waals surface area contributed by atoms with Gasteiger partial charge in [-0.25, -0.2) is 0 Å². The maximum Gasteiger partial charge on any atom is 0.166 e. The minimum absolute atomic E-state index is 0.146. The molecule has 25 heavy (non-hydrogen) atoms. The van der Waals surface area contributed by atoms with Crippen LogP contribution in [0.25, 0.3) is 0 Å². The number of hydrogen-bond acceptors (Lipinski definition) is 6. The van der Waals surface area contributed by atoms with E-state index in [4.69, 9.17) is 9.47 Å². The highest BCUT2D eigenvalue weighted by Crippen LogP contribution is 2.29. The number of nitrogens with zero attached hydrogens (tertiary/aromatic N) is 2. The number of phenolic OH excluding ortho intramolecular Hbond substituents is 1.